The minimum Gasteiger partial charge on any atom is -0.494 e. The third-order valence-corrected chi connectivity index (χ3v) is 5.52. The van der Waals surface area contributed by atoms with E-state index in [2.05, 4.69) is 10.2 Å². The van der Waals surface area contributed by atoms with Crippen LogP contribution in [-0.4, -0.2) is 29.8 Å². The molecule has 0 unspecified atom stereocenters. The van der Waals surface area contributed by atoms with Crippen molar-refractivity contribution in [3.05, 3.63) is 35.7 Å². The molecule has 0 atom stereocenters. The Labute approximate surface area is 136 Å². The number of aromatic nitrogens is 3. The third-order valence-electron chi connectivity index (χ3n) is 3.97. The molecule has 6 nitrogen and oxygen atoms in total. The Kier molecular flexibility index (Phi) is 4.66. The topological polar surface area (TPSA) is 74.1 Å². The summed E-state index contributed by atoms with van der Waals surface area (Å²) in [6.45, 7) is 3.05. The number of rotatable bonds is 5. The lowest BCUT2D eigenvalue weighted by Crippen LogP contribution is -2.14. The van der Waals surface area contributed by atoms with Crippen molar-refractivity contribution in [1.82, 2.24) is 14.8 Å². The van der Waals surface area contributed by atoms with Gasteiger partial charge in [-0.25, -0.2) is 8.42 Å². The molecule has 0 fully saturated rings. The van der Waals surface area contributed by atoms with Crippen molar-refractivity contribution in [2.75, 3.05) is 6.61 Å². The fourth-order valence-electron chi connectivity index (χ4n) is 2.88. The van der Waals surface area contributed by atoms with E-state index in [0.29, 0.717) is 24.5 Å². The number of para-hydroxylation sites is 1. The Morgan fingerprint density at radius 2 is 2.00 bits per heavy atom. The molecule has 0 spiro atoms. The third kappa shape index (κ3) is 3.39. The number of benzene rings is 1. The van der Waals surface area contributed by atoms with Crippen LogP contribution in [0, 0.1) is 0 Å². The smallest absolute Gasteiger partial charge is 0.250 e. The van der Waals surface area contributed by atoms with Gasteiger partial charge in [0.2, 0.25) is 15.0 Å². The highest BCUT2D eigenvalue weighted by atomic mass is 32.2. The summed E-state index contributed by atoms with van der Waals surface area (Å²) < 4.78 is 32.9. The Bertz CT molecular complexity index is 784. The summed E-state index contributed by atoms with van der Waals surface area (Å²) in [6.07, 6.45) is 3.88. The number of sulfone groups is 1. The van der Waals surface area contributed by atoms with Crippen molar-refractivity contribution in [3.8, 4) is 5.75 Å². The van der Waals surface area contributed by atoms with E-state index < -0.39 is 9.84 Å². The molecule has 0 aliphatic carbocycles. The van der Waals surface area contributed by atoms with Crippen LogP contribution in [0.4, 0.5) is 0 Å². The lowest BCUT2D eigenvalue weighted by Gasteiger charge is -2.11. The standard InChI is InChI=1S/C16H21N3O3S/c1-2-22-14-9-6-5-8-13(14)12-23(20,21)16-18-17-15-10-4-3-7-11-19(15)16/h5-6,8-9H,2-4,7,10-12H2,1H3. The molecule has 0 amide bonds. The van der Waals surface area contributed by atoms with Gasteiger partial charge in [-0.3, -0.25) is 0 Å². The molecule has 1 aliphatic rings. The van der Waals surface area contributed by atoms with Gasteiger partial charge in [-0.15, -0.1) is 10.2 Å². The molecule has 7 heteroatoms. The maximum atomic E-state index is 12.8. The number of hydrogen-bond donors (Lipinski definition) is 0. The Balaban J connectivity index is 1.93. The summed E-state index contributed by atoms with van der Waals surface area (Å²) in [6, 6.07) is 7.23. The van der Waals surface area contributed by atoms with E-state index in [1.54, 1.807) is 16.7 Å². The molecule has 23 heavy (non-hydrogen) atoms. The molecule has 1 aromatic heterocycles. The van der Waals surface area contributed by atoms with Crippen molar-refractivity contribution in [3.63, 3.8) is 0 Å². The van der Waals surface area contributed by atoms with E-state index >= 15 is 0 Å². The van der Waals surface area contributed by atoms with E-state index in [1.807, 2.05) is 19.1 Å². The minimum absolute atomic E-state index is 0.0840. The summed E-state index contributed by atoms with van der Waals surface area (Å²) >= 11 is 0. The van der Waals surface area contributed by atoms with Gasteiger partial charge in [0, 0.05) is 18.5 Å². The van der Waals surface area contributed by atoms with Gasteiger partial charge in [-0.2, -0.15) is 0 Å². The van der Waals surface area contributed by atoms with Crippen LogP contribution in [0.5, 0.6) is 5.75 Å². The van der Waals surface area contributed by atoms with E-state index in [4.69, 9.17) is 4.74 Å². The van der Waals surface area contributed by atoms with Gasteiger partial charge in [-0.1, -0.05) is 24.6 Å². The molecule has 0 bridgehead atoms. The van der Waals surface area contributed by atoms with E-state index in [9.17, 15) is 8.42 Å². The maximum Gasteiger partial charge on any atom is 0.250 e. The molecule has 124 valence electrons. The van der Waals surface area contributed by atoms with Gasteiger partial charge in [0.25, 0.3) is 0 Å². The lowest BCUT2D eigenvalue weighted by atomic mass is 10.2. The molecular weight excluding hydrogens is 314 g/mol. The molecule has 0 N–H and O–H groups in total. The van der Waals surface area contributed by atoms with Crippen LogP contribution in [0.2, 0.25) is 0 Å². The summed E-state index contributed by atoms with van der Waals surface area (Å²) in [5.41, 5.74) is 0.653. The van der Waals surface area contributed by atoms with E-state index in [1.165, 1.54) is 0 Å². The maximum absolute atomic E-state index is 12.8. The second-order valence-corrected chi connectivity index (χ2v) is 7.54. The van der Waals surface area contributed by atoms with Crippen molar-refractivity contribution < 1.29 is 13.2 Å². The monoisotopic (exact) mass is 335 g/mol. The van der Waals surface area contributed by atoms with Crippen LogP contribution < -0.4 is 4.74 Å². The van der Waals surface area contributed by atoms with Crippen LogP contribution in [-0.2, 0) is 28.6 Å². The zero-order chi connectivity index (χ0) is 16.3. The zero-order valence-electron chi connectivity index (χ0n) is 13.2. The predicted molar refractivity (Wildman–Crippen MR) is 86.1 cm³/mol. The number of nitrogens with zero attached hydrogens (tertiary/aromatic N) is 3. The average molecular weight is 335 g/mol. The van der Waals surface area contributed by atoms with Crippen molar-refractivity contribution in [2.45, 2.75) is 50.1 Å². The van der Waals surface area contributed by atoms with E-state index in [-0.39, 0.29) is 10.9 Å². The molecular formula is C16H21N3O3S. The normalized spacial score (nSPS) is 15.0. The number of ether oxygens (including phenoxy) is 1. The molecule has 0 saturated carbocycles. The van der Waals surface area contributed by atoms with Gasteiger partial charge in [-0.05, 0) is 25.8 Å². The minimum atomic E-state index is -3.56. The molecule has 1 aromatic carbocycles. The predicted octanol–water partition coefficient (Wildman–Crippen LogP) is 2.38. The molecule has 2 heterocycles. The lowest BCUT2D eigenvalue weighted by molar-refractivity contribution is 0.337. The van der Waals surface area contributed by atoms with Gasteiger partial charge in [0.15, 0.2) is 0 Å². The Morgan fingerprint density at radius 3 is 2.83 bits per heavy atom. The largest absolute Gasteiger partial charge is 0.494 e. The fourth-order valence-corrected chi connectivity index (χ4v) is 4.35. The van der Waals surface area contributed by atoms with Gasteiger partial charge < -0.3 is 9.30 Å². The Hall–Kier alpha value is -1.89. The highest BCUT2D eigenvalue weighted by Gasteiger charge is 2.26. The first-order valence-corrected chi connectivity index (χ1v) is 9.62. The highest BCUT2D eigenvalue weighted by Crippen LogP contribution is 2.25. The molecule has 3 rings (SSSR count). The summed E-state index contributed by atoms with van der Waals surface area (Å²) in [5.74, 6) is 1.26. The van der Waals surface area contributed by atoms with E-state index in [0.717, 1.165) is 31.5 Å². The molecule has 2 aromatic rings. The zero-order valence-corrected chi connectivity index (χ0v) is 14.1. The van der Waals surface area contributed by atoms with Crippen LogP contribution >= 0.6 is 0 Å². The molecule has 0 saturated heterocycles. The second kappa shape index (κ2) is 6.70. The Morgan fingerprint density at radius 1 is 1.17 bits per heavy atom. The van der Waals surface area contributed by atoms with Gasteiger partial charge in [0.05, 0.1) is 12.4 Å². The number of fused-ring (bicyclic) bond motifs is 1. The number of aryl methyl sites for hydroxylation is 1. The molecule has 1 aliphatic heterocycles. The highest BCUT2D eigenvalue weighted by molar-refractivity contribution is 7.90. The van der Waals surface area contributed by atoms with Crippen LogP contribution in [0.25, 0.3) is 0 Å². The average Bonchev–Trinajstić information content (AvgIpc) is 2.80. The van der Waals surface area contributed by atoms with Crippen molar-refractivity contribution in [2.24, 2.45) is 0 Å². The fraction of sp³-hybridized carbons (Fsp3) is 0.500. The van der Waals surface area contributed by atoms with Crippen LogP contribution in [0.15, 0.2) is 29.4 Å². The van der Waals surface area contributed by atoms with Crippen molar-refractivity contribution in [1.29, 1.82) is 0 Å². The number of hydrogen-bond acceptors (Lipinski definition) is 5. The van der Waals surface area contributed by atoms with Gasteiger partial charge >= 0.3 is 0 Å². The summed E-state index contributed by atoms with van der Waals surface area (Å²) in [4.78, 5) is 0. The second-order valence-electron chi connectivity index (χ2n) is 5.66. The van der Waals surface area contributed by atoms with Crippen LogP contribution in [0.3, 0.4) is 0 Å². The first kappa shape index (κ1) is 16.0. The molecule has 0 radical (unpaired) electrons. The summed E-state index contributed by atoms with van der Waals surface area (Å²) in [5, 5.41) is 8.14. The van der Waals surface area contributed by atoms with Crippen LogP contribution in [0.1, 0.15) is 37.6 Å². The summed E-state index contributed by atoms with van der Waals surface area (Å²) in [7, 11) is -3.56. The SMILES string of the molecule is CCOc1ccccc1CS(=O)(=O)c1nnc2n1CCCCC2. The first-order chi connectivity index (χ1) is 11.1. The van der Waals surface area contributed by atoms with Gasteiger partial charge in [0.1, 0.15) is 11.6 Å². The van der Waals surface area contributed by atoms with Crippen molar-refractivity contribution >= 4 is 9.84 Å². The quantitative estimate of drug-likeness (QED) is 0.839. The first-order valence-electron chi connectivity index (χ1n) is 7.97.